The van der Waals surface area contributed by atoms with E-state index in [9.17, 15) is 9.59 Å². The molecule has 0 radical (unpaired) electrons. The summed E-state index contributed by atoms with van der Waals surface area (Å²) < 4.78 is 0. The number of amides is 2. The van der Waals surface area contributed by atoms with Crippen LogP contribution in [0.15, 0.2) is 42.5 Å². The van der Waals surface area contributed by atoms with E-state index in [1.807, 2.05) is 37.3 Å². The van der Waals surface area contributed by atoms with E-state index in [2.05, 4.69) is 31.4 Å². The maximum atomic E-state index is 12.4. The van der Waals surface area contributed by atoms with Gasteiger partial charge in [0.05, 0.1) is 6.54 Å². The molecule has 0 aliphatic carbocycles. The third-order valence-corrected chi connectivity index (χ3v) is 3.97. The predicted molar refractivity (Wildman–Crippen MR) is 102 cm³/mol. The summed E-state index contributed by atoms with van der Waals surface area (Å²) in [6.07, 6.45) is 0. The highest BCUT2D eigenvalue weighted by Gasteiger charge is 2.14. The molecule has 4 N–H and O–H groups in total. The van der Waals surface area contributed by atoms with Crippen molar-refractivity contribution in [2.75, 3.05) is 17.2 Å². The number of aryl methyl sites for hydroxylation is 1. The van der Waals surface area contributed by atoms with E-state index in [1.54, 1.807) is 12.1 Å². The SMILES string of the molecule is Cc1ccc(NC(=O)c2ccc(C(C)(C)C)cc2)cc1NC(=O)CN. The molecule has 2 amide bonds. The minimum atomic E-state index is -0.274. The van der Waals surface area contributed by atoms with Gasteiger partial charge >= 0.3 is 0 Å². The van der Waals surface area contributed by atoms with Gasteiger partial charge in [0, 0.05) is 16.9 Å². The maximum Gasteiger partial charge on any atom is 0.255 e. The van der Waals surface area contributed by atoms with Crippen molar-refractivity contribution in [3.05, 3.63) is 59.2 Å². The molecule has 5 heteroatoms. The first-order valence-electron chi connectivity index (χ1n) is 8.23. The molecule has 0 bridgehead atoms. The summed E-state index contributed by atoms with van der Waals surface area (Å²) in [6, 6.07) is 12.9. The molecule has 0 saturated heterocycles. The molecular formula is C20H25N3O2. The van der Waals surface area contributed by atoms with Crippen molar-refractivity contribution < 1.29 is 9.59 Å². The van der Waals surface area contributed by atoms with Gasteiger partial charge in [0.25, 0.3) is 5.91 Å². The number of hydrogen-bond acceptors (Lipinski definition) is 3. The molecule has 0 unspecified atom stereocenters. The van der Waals surface area contributed by atoms with Gasteiger partial charge in [0.2, 0.25) is 5.91 Å². The number of benzene rings is 2. The van der Waals surface area contributed by atoms with Crippen LogP contribution in [0.3, 0.4) is 0 Å². The van der Waals surface area contributed by atoms with Crippen LogP contribution in [0.5, 0.6) is 0 Å². The first kappa shape index (κ1) is 18.7. The Labute approximate surface area is 148 Å². The molecule has 2 aromatic rings. The van der Waals surface area contributed by atoms with Gasteiger partial charge in [-0.1, -0.05) is 39.0 Å². The van der Waals surface area contributed by atoms with E-state index < -0.39 is 0 Å². The van der Waals surface area contributed by atoms with Crippen molar-refractivity contribution >= 4 is 23.2 Å². The number of hydrogen-bond donors (Lipinski definition) is 3. The lowest BCUT2D eigenvalue weighted by Crippen LogP contribution is -2.22. The Morgan fingerprint density at radius 3 is 2.20 bits per heavy atom. The highest BCUT2D eigenvalue weighted by Crippen LogP contribution is 2.23. The topological polar surface area (TPSA) is 84.2 Å². The van der Waals surface area contributed by atoms with E-state index in [0.717, 1.165) is 5.56 Å². The van der Waals surface area contributed by atoms with E-state index >= 15 is 0 Å². The fraction of sp³-hybridized carbons (Fsp3) is 0.300. The van der Waals surface area contributed by atoms with Gasteiger partial charge in [-0.25, -0.2) is 0 Å². The van der Waals surface area contributed by atoms with Crippen molar-refractivity contribution in [3.63, 3.8) is 0 Å². The van der Waals surface area contributed by atoms with Crippen LogP contribution in [-0.2, 0) is 10.2 Å². The van der Waals surface area contributed by atoms with Crippen molar-refractivity contribution in [3.8, 4) is 0 Å². The quantitative estimate of drug-likeness (QED) is 0.798. The van der Waals surface area contributed by atoms with Gasteiger partial charge in [-0.2, -0.15) is 0 Å². The first-order valence-corrected chi connectivity index (χ1v) is 8.23. The van der Waals surface area contributed by atoms with Crippen LogP contribution in [0.25, 0.3) is 0 Å². The van der Waals surface area contributed by atoms with Crippen LogP contribution in [0.2, 0.25) is 0 Å². The molecule has 2 rings (SSSR count). The van der Waals surface area contributed by atoms with Crippen LogP contribution in [0, 0.1) is 6.92 Å². The number of rotatable bonds is 4. The second-order valence-electron chi connectivity index (χ2n) is 7.06. The molecule has 0 aliphatic heterocycles. The monoisotopic (exact) mass is 339 g/mol. The Bertz CT molecular complexity index is 775. The Hall–Kier alpha value is -2.66. The molecule has 2 aromatic carbocycles. The standard InChI is InChI=1S/C20H25N3O2/c1-13-5-10-16(11-17(13)23-18(24)12-21)22-19(25)14-6-8-15(9-7-14)20(2,3)4/h5-11H,12,21H2,1-4H3,(H,22,25)(H,23,24). The number of nitrogens with one attached hydrogen (secondary N) is 2. The smallest absolute Gasteiger partial charge is 0.255 e. The van der Waals surface area contributed by atoms with Crippen molar-refractivity contribution in [2.45, 2.75) is 33.1 Å². The summed E-state index contributed by atoms with van der Waals surface area (Å²) in [4.78, 5) is 23.9. The summed E-state index contributed by atoms with van der Waals surface area (Å²) in [5, 5.41) is 5.58. The van der Waals surface area contributed by atoms with Gasteiger partial charge in [0.15, 0.2) is 0 Å². The average molecular weight is 339 g/mol. The second-order valence-corrected chi connectivity index (χ2v) is 7.06. The molecule has 25 heavy (non-hydrogen) atoms. The molecule has 0 heterocycles. The molecule has 0 saturated carbocycles. The molecule has 132 valence electrons. The van der Waals surface area contributed by atoms with Gasteiger partial charge in [0.1, 0.15) is 0 Å². The molecular weight excluding hydrogens is 314 g/mol. The Morgan fingerprint density at radius 1 is 1.00 bits per heavy atom. The van der Waals surface area contributed by atoms with Gasteiger partial charge < -0.3 is 16.4 Å². The van der Waals surface area contributed by atoms with Crippen molar-refractivity contribution in [1.82, 2.24) is 0 Å². The first-order chi connectivity index (χ1) is 11.7. The number of nitrogens with two attached hydrogens (primary N) is 1. The zero-order chi connectivity index (χ0) is 18.6. The largest absolute Gasteiger partial charge is 0.325 e. The van der Waals surface area contributed by atoms with Crippen LogP contribution >= 0.6 is 0 Å². The van der Waals surface area contributed by atoms with E-state index in [0.29, 0.717) is 16.9 Å². The zero-order valence-electron chi connectivity index (χ0n) is 15.1. The Morgan fingerprint density at radius 2 is 1.64 bits per heavy atom. The van der Waals surface area contributed by atoms with Crippen LogP contribution in [0.4, 0.5) is 11.4 Å². The lowest BCUT2D eigenvalue weighted by Gasteiger charge is -2.19. The highest BCUT2D eigenvalue weighted by atomic mass is 16.2. The minimum Gasteiger partial charge on any atom is -0.325 e. The molecule has 0 aliphatic rings. The lowest BCUT2D eigenvalue weighted by atomic mass is 9.87. The fourth-order valence-electron chi connectivity index (χ4n) is 2.36. The molecule has 0 spiro atoms. The summed E-state index contributed by atoms with van der Waals surface area (Å²) in [7, 11) is 0. The lowest BCUT2D eigenvalue weighted by molar-refractivity contribution is -0.114. The average Bonchev–Trinajstić information content (AvgIpc) is 2.57. The van der Waals surface area contributed by atoms with Gasteiger partial charge in [-0.15, -0.1) is 0 Å². The summed E-state index contributed by atoms with van der Waals surface area (Å²) in [5.74, 6) is -0.468. The molecule has 0 fully saturated rings. The summed E-state index contributed by atoms with van der Waals surface area (Å²) >= 11 is 0. The molecule has 0 atom stereocenters. The molecule has 5 nitrogen and oxygen atoms in total. The van der Waals surface area contributed by atoms with Gasteiger partial charge in [-0.05, 0) is 47.7 Å². The third kappa shape index (κ3) is 4.90. The highest BCUT2D eigenvalue weighted by molar-refractivity contribution is 6.04. The van der Waals surface area contributed by atoms with Crippen LogP contribution in [0.1, 0.15) is 42.3 Å². The number of anilines is 2. The van der Waals surface area contributed by atoms with E-state index in [4.69, 9.17) is 5.73 Å². The third-order valence-electron chi connectivity index (χ3n) is 3.97. The second kappa shape index (κ2) is 7.49. The summed E-state index contributed by atoms with van der Waals surface area (Å²) in [6.45, 7) is 8.18. The summed E-state index contributed by atoms with van der Waals surface area (Å²) in [5.41, 5.74) is 9.27. The number of carbonyl (C=O) groups is 2. The Balaban J connectivity index is 2.15. The van der Waals surface area contributed by atoms with E-state index in [1.165, 1.54) is 5.56 Å². The fourth-order valence-corrected chi connectivity index (χ4v) is 2.36. The van der Waals surface area contributed by atoms with Gasteiger partial charge in [-0.3, -0.25) is 9.59 Å². The number of carbonyl (C=O) groups excluding carboxylic acids is 2. The molecule has 0 aromatic heterocycles. The Kier molecular flexibility index (Phi) is 5.59. The van der Waals surface area contributed by atoms with Crippen molar-refractivity contribution in [1.29, 1.82) is 0 Å². The normalized spacial score (nSPS) is 11.1. The van der Waals surface area contributed by atoms with Crippen molar-refractivity contribution in [2.24, 2.45) is 5.73 Å². The maximum absolute atomic E-state index is 12.4. The van der Waals surface area contributed by atoms with E-state index in [-0.39, 0.29) is 23.8 Å². The van der Waals surface area contributed by atoms with Crippen LogP contribution < -0.4 is 16.4 Å². The predicted octanol–water partition coefficient (Wildman–Crippen LogP) is 3.44. The zero-order valence-corrected chi connectivity index (χ0v) is 15.1. The minimum absolute atomic E-state index is 0.0437. The van der Waals surface area contributed by atoms with Crippen LogP contribution in [-0.4, -0.2) is 18.4 Å².